The van der Waals surface area contributed by atoms with Gasteiger partial charge >= 0.3 is 0 Å². The number of hydrogen-bond donors (Lipinski definition) is 2. The topological polar surface area (TPSA) is 98.8 Å². The Hall–Kier alpha value is -2.75. The first kappa shape index (κ1) is 30.8. The number of sulfonamides is 1. The zero-order valence-electron chi connectivity index (χ0n) is 23.9. The van der Waals surface area contributed by atoms with Crippen LogP contribution in [-0.2, 0) is 31.8 Å². The number of hydrogen-bond acceptors (Lipinski definition) is 5. The Morgan fingerprint density at radius 3 is 2.18 bits per heavy atom. The highest BCUT2D eigenvalue weighted by atomic mass is 32.2. The Kier molecular flexibility index (Phi) is 10.7. The Morgan fingerprint density at radius 2 is 1.62 bits per heavy atom. The van der Waals surface area contributed by atoms with Crippen molar-refractivity contribution in [2.45, 2.75) is 70.8 Å². The number of rotatable bonds is 12. The van der Waals surface area contributed by atoms with Gasteiger partial charge in [0, 0.05) is 25.7 Å². The summed E-state index contributed by atoms with van der Waals surface area (Å²) in [5.41, 5.74) is 1.28. The number of benzene rings is 2. The highest BCUT2D eigenvalue weighted by molar-refractivity contribution is 7.88. The van der Waals surface area contributed by atoms with Crippen LogP contribution in [0.2, 0.25) is 0 Å². The van der Waals surface area contributed by atoms with Crippen LogP contribution in [0, 0.1) is 5.41 Å². The molecule has 0 saturated carbocycles. The summed E-state index contributed by atoms with van der Waals surface area (Å²) in [7, 11) is -1.94. The summed E-state index contributed by atoms with van der Waals surface area (Å²) in [6, 6.07) is 17.6. The molecule has 39 heavy (non-hydrogen) atoms. The number of likely N-dealkylation sites (N-methyl/N-ethyl adjacent to an activating group) is 1. The first-order valence-electron chi connectivity index (χ1n) is 13.8. The molecule has 0 aliphatic carbocycles. The minimum atomic E-state index is -3.65. The number of likely N-dealkylation sites (tertiary alicyclic amines) is 1. The van der Waals surface area contributed by atoms with E-state index in [0.29, 0.717) is 25.9 Å². The molecule has 0 radical (unpaired) electrons. The van der Waals surface area contributed by atoms with Gasteiger partial charge in [-0.3, -0.25) is 9.59 Å². The summed E-state index contributed by atoms with van der Waals surface area (Å²) in [5.74, 6) is -0.493. The largest absolute Gasteiger partial charge is 0.342 e. The van der Waals surface area contributed by atoms with Crippen molar-refractivity contribution in [2.24, 2.45) is 5.41 Å². The van der Waals surface area contributed by atoms with E-state index in [0.717, 1.165) is 17.5 Å². The van der Waals surface area contributed by atoms with Crippen molar-refractivity contribution in [3.8, 4) is 0 Å². The van der Waals surface area contributed by atoms with Crippen molar-refractivity contribution in [1.82, 2.24) is 19.8 Å². The molecular formula is C30H44N4O4S. The van der Waals surface area contributed by atoms with Gasteiger partial charge in [0.15, 0.2) is 0 Å². The molecule has 9 heteroatoms. The van der Waals surface area contributed by atoms with Crippen LogP contribution in [0.15, 0.2) is 60.7 Å². The Morgan fingerprint density at radius 1 is 1.03 bits per heavy atom. The maximum absolute atomic E-state index is 13.9. The molecule has 2 amide bonds. The quantitative estimate of drug-likeness (QED) is 0.419. The molecule has 3 rings (SSSR count). The van der Waals surface area contributed by atoms with E-state index in [9.17, 15) is 18.0 Å². The average Bonchev–Trinajstić information content (AvgIpc) is 3.37. The van der Waals surface area contributed by atoms with E-state index in [-0.39, 0.29) is 30.2 Å². The maximum Gasteiger partial charge on any atom is 0.245 e. The molecule has 0 bridgehead atoms. The Balaban J connectivity index is 1.83. The molecule has 214 valence electrons. The smallest absolute Gasteiger partial charge is 0.245 e. The maximum atomic E-state index is 13.9. The van der Waals surface area contributed by atoms with Gasteiger partial charge < -0.3 is 15.5 Å². The van der Waals surface area contributed by atoms with E-state index in [1.807, 2.05) is 81.4 Å². The molecule has 1 heterocycles. The molecule has 1 aliphatic heterocycles. The number of carbonyl (C=O) groups is 2. The molecule has 3 atom stereocenters. The summed E-state index contributed by atoms with van der Waals surface area (Å²) in [6.07, 6.45) is 2.09. The molecule has 8 nitrogen and oxygen atoms in total. The predicted octanol–water partition coefficient (Wildman–Crippen LogP) is 3.19. The number of nitrogens with one attached hydrogen (secondary N) is 2. The molecule has 0 aromatic heterocycles. The van der Waals surface area contributed by atoms with Crippen molar-refractivity contribution in [2.75, 3.05) is 26.7 Å². The summed E-state index contributed by atoms with van der Waals surface area (Å²) >= 11 is 0. The predicted molar refractivity (Wildman–Crippen MR) is 155 cm³/mol. The van der Waals surface area contributed by atoms with Crippen molar-refractivity contribution >= 4 is 21.8 Å². The fraction of sp³-hybridized carbons (Fsp3) is 0.533. The summed E-state index contributed by atoms with van der Waals surface area (Å²) in [5, 5.41) is 5.86. The van der Waals surface area contributed by atoms with E-state index in [1.54, 1.807) is 23.2 Å². The number of carbonyl (C=O) groups excluding carboxylic acids is 2. The van der Waals surface area contributed by atoms with Crippen molar-refractivity contribution in [3.63, 3.8) is 0 Å². The lowest BCUT2D eigenvalue weighted by molar-refractivity contribution is -0.140. The second kappa shape index (κ2) is 13.5. The third-order valence-electron chi connectivity index (χ3n) is 7.38. The molecule has 2 aromatic carbocycles. The van der Waals surface area contributed by atoms with E-state index >= 15 is 0 Å². The normalized spacial score (nSPS) is 17.7. The van der Waals surface area contributed by atoms with Crippen molar-refractivity contribution < 1.29 is 18.0 Å². The third-order valence-corrected chi connectivity index (χ3v) is 9.20. The van der Waals surface area contributed by atoms with Crippen LogP contribution in [0.1, 0.15) is 51.7 Å². The van der Waals surface area contributed by atoms with E-state index in [1.165, 1.54) is 0 Å². The fourth-order valence-corrected chi connectivity index (χ4v) is 6.45. The van der Waals surface area contributed by atoms with Crippen LogP contribution in [0.3, 0.4) is 0 Å². The molecule has 0 spiro atoms. The minimum Gasteiger partial charge on any atom is -0.342 e. The zero-order chi connectivity index (χ0) is 28.6. The zero-order valence-corrected chi connectivity index (χ0v) is 24.7. The van der Waals surface area contributed by atoms with Crippen molar-refractivity contribution in [1.29, 1.82) is 0 Å². The van der Waals surface area contributed by atoms with E-state index in [2.05, 4.69) is 10.6 Å². The van der Waals surface area contributed by atoms with Gasteiger partial charge in [-0.05, 0) is 49.8 Å². The standard InChI is InChI=1S/C30H44N4O4S/c1-23(31-5)28(35)32-27(30(2,3)4)29(36)34-19-12-17-26(34)21-33(20-18-24-13-8-6-9-14-24)39(37,38)22-25-15-10-7-11-16-25/h6-11,13-16,23,26-27,31H,12,17-22H2,1-5H3,(H,32,35)/t23-,26-,27+/m0/s1. The van der Waals surface area contributed by atoms with Crippen LogP contribution < -0.4 is 10.6 Å². The van der Waals surface area contributed by atoms with Crippen LogP contribution in [-0.4, -0.2) is 74.2 Å². The monoisotopic (exact) mass is 556 g/mol. The highest BCUT2D eigenvalue weighted by Crippen LogP contribution is 2.27. The lowest BCUT2D eigenvalue weighted by Crippen LogP contribution is -2.59. The lowest BCUT2D eigenvalue weighted by Gasteiger charge is -2.37. The summed E-state index contributed by atoms with van der Waals surface area (Å²) in [4.78, 5) is 28.4. The number of nitrogens with zero attached hydrogens (tertiary/aromatic N) is 2. The van der Waals surface area contributed by atoms with Gasteiger partial charge in [0.1, 0.15) is 6.04 Å². The fourth-order valence-electron chi connectivity index (χ4n) is 4.88. The first-order chi connectivity index (χ1) is 18.4. The average molecular weight is 557 g/mol. The van der Waals surface area contributed by atoms with Gasteiger partial charge in [-0.15, -0.1) is 0 Å². The van der Waals surface area contributed by atoms with Crippen LogP contribution >= 0.6 is 0 Å². The van der Waals surface area contributed by atoms with Gasteiger partial charge in [-0.25, -0.2) is 8.42 Å². The molecule has 1 aliphatic rings. The van der Waals surface area contributed by atoms with Gasteiger partial charge in [-0.1, -0.05) is 81.4 Å². The molecule has 2 aromatic rings. The van der Waals surface area contributed by atoms with E-state index < -0.39 is 27.5 Å². The summed E-state index contributed by atoms with van der Waals surface area (Å²) in [6.45, 7) is 8.64. The molecule has 1 saturated heterocycles. The van der Waals surface area contributed by atoms with Crippen LogP contribution in [0.25, 0.3) is 0 Å². The number of amides is 2. The van der Waals surface area contributed by atoms with Gasteiger partial charge in [0.25, 0.3) is 0 Å². The minimum absolute atomic E-state index is 0.0914. The lowest BCUT2D eigenvalue weighted by atomic mass is 9.85. The highest BCUT2D eigenvalue weighted by Gasteiger charge is 2.41. The SMILES string of the molecule is CN[C@@H](C)C(=O)N[C@H](C(=O)N1CCC[C@H]1CN(CCc1ccccc1)S(=O)(=O)Cc1ccccc1)C(C)(C)C. The Bertz CT molecular complexity index is 1180. The molecular weight excluding hydrogens is 512 g/mol. The molecule has 2 N–H and O–H groups in total. The van der Waals surface area contributed by atoms with Crippen molar-refractivity contribution in [3.05, 3.63) is 71.8 Å². The van der Waals surface area contributed by atoms with Crippen LogP contribution in [0.5, 0.6) is 0 Å². The van der Waals surface area contributed by atoms with Crippen LogP contribution in [0.4, 0.5) is 0 Å². The second-order valence-electron chi connectivity index (χ2n) is 11.5. The second-order valence-corrected chi connectivity index (χ2v) is 13.5. The first-order valence-corrected chi connectivity index (χ1v) is 15.4. The van der Waals surface area contributed by atoms with Gasteiger partial charge in [-0.2, -0.15) is 4.31 Å². The Labute approximate surface area is 234 Å². The van der Waals surface area contributed by atoms with Gasteiger partial charge in [0.05, 0.1) is 11.8 Å². The third kappa shape index (κ3) is 8.62. The van der Waals surface area contributed by atoms with Gasteiger partial charge in [0.2, 0.25) is 21.8 Å². The molecule has 0 unspecified atom stereocenters. The van der Waals surface area contributed by atoms with E-state index in [4.69, 9.17) is 0 Å². The molecule has 1 fully saturated rings. The summed E-state index contributed by atoms with van der Waals surface area (Å²) < 4.78 is 28.9.